The summed E-state index contributed by atoms with van der Waals surface area (Å²) in [5.41, 5.74) is 1.10. The van der Waals surface area contributed by atoms with E-state index in [4.69, 9.17) is 27.9 Å². The van der Waals surface area contributed by atoms with Crippen LogP contribution in [0.15, 0.2) is 66.7 Å². The molecule has 0 aliphatic rings. The second-order valence-electron chi connectivity index (χ2n) is 6.36. The lowest BCUT2D eigenvalue weighted by molar-refractivity contribution is -0.122. The number of amides is 2. The van der Waals surface area contributed by atoms with E-state index in [9.17, 15) is 14.0 Å². The van der Waals surface area contributed by atoms with Gasteiger partial charge in [-0.05, 0) is 61.5 Å². The van der Waals surface area contributed by atoms with Gasteiger partial charge in [-0.3, -0.25) is 9.59 Å². The Balaban J connectivity index is 1.69. The van der Waals surface area contributed by atoms with Crippen molar-refractivity contribution in [3.05, 3.63) is 88.2 Å². The first-order chi connectivity index (χ1) is 14.3. The van der Waals surface area contributed by atoms with E-state index in [0.29, 0.717) is 27.2 Å². The van der Waals surface area contributed by atoms with Gasteiger partial charge in [0, 0.05) is 21.3 Å². The van der Waals surface area contributed by atoms with Gasteiger partial charge < -0.3 is 15.4 Å². The van der Waals surface area contributed by atoms with E-state index in [1.165, 1.54) is 24.3 Å². The van der Waals surface area contributed by atoms with Crippen molar-refractivity contribution < 1.29 is 18.7 Å². The molecule has 0 aliphatic carbocycles. The number of carbonyl (C=O) groups excluding carboxylic acids is 2. The molecule has 2 amide bonds. The van der Waals surface area contributed by atoms with E-state index < -0.39 is 23.7 Å². The molecule has 0 saturated carbocycles. The number of carbonyl (C=O) groups is 2. The number of halogens is 3. The highest BCUT2D eigenvalue weighted by Crippen LogP contribution is 2.26. The van der Waals surface area contributed by atoms with E-state index >= 15 is 0 Å². The molecule has 0 fully saturated rings. The summed E-state index contributed by atoms with van der Waals surface area (Å²) in [6, 6.07) is 16.5. The topological polar surface area (TPSA) is 67.4 Å². The van der Waals surface area contributed by atoms with E-state index in [2.05, 4.69) is 10.6 Å². The minimum atomic E-state index is -0.883. The zero-order valence-electron chi connectivity index (χ0n) is 15.8. The smallest absolute Gasteiger partial charge is 0.265 e. The summed E-state index contributed by atoms with van der Waals surface area (Å²) in [4.78, 5) is 24.9. The lowest BCUT2D eigenvalue weighted by atomic mass is 10.2. The fourth-order valence-electron chi connectivity index (χ4n) is 2.58. The molecule has 0 aliphatic heterocycles. The van der Waals surface area contributed by atoms with Crippen molar-refractivity contribution in [2.24, 2.45) is 0 Å². The van der Waals surface area contributed by atoms with E-state index in [0.717, 1.165) is 0 Å². The summed E-state index contributed by atoms with van der Waals surface area (Å²) < 4.78 is 18.8. The number of hydrogen-bond acceptors (Lipinski definition) is 3. The fourth-order valence-corrected chi connectivity index (χ4v) is 3.11. The van der Waals surface area contributed by atoms with E-state index in [-0.39, 0.29) is 5.56 Å². The number of benzene rings is 3. The quantitative estimate of drug-likeness (QED) is 0.503. The van der Waals surface area contributed by atoms with Crippen LogP contribution in [0.1, 0.15) is 17.3 Å². The average Bonchev–Trinajstić information content (AvgIpc) is 2.69. The minimum absolute atomic E-state index is 0.287. The molecule has 0 radical (unpaired) electrons. The number of hydrogen-bond donors (Lipinski definition) is 2. The van der Waals surface area contributed by atoms with Crippen LogP contribution >= 0.6 is 23.2 Å². The normalized spacial score (nSPS) is 11.5. The third-order valence-corrected chi connectivity index (χ3v) is 4.48. The lowest BCUT2D eigenvalue weighted by Gasteiger charge is -2.18. The third kappa shape index (κ3) is 5.72. The molecule has 1 unspecified atom stereocenters. The predicted octanol–water partition coefficient (Wildman–Crippen LogP) is 5.79. The summed E-state index contributed by atoms with van der Waals surface area (Å²) in [6.45, 7) is 1.57. The van der Waals surface area contributed by atoms with Crippen LogP contribution in [0.2, 0.25) is 10.0 Å². The van der Waals surface area contributed by atoms with Gasteiger partial charge in [-0.15, -0.1) is 0 Å². The van der Waals surface area contributed by atoms with Crippen molar-refractivity contribution in [1.29, 1.82) is 0 Å². The molecular formula is C22H17Cl2FN2O3. The Morgan fingerprint density at radius 2 is 1.57 bits per heavy atom. The van der Waals surface area contributed by atoms with Gasteiger partial charge in [0.15, 0.2) is 6.10 Å². The van der Waals surface area contributed by atoms with Crippen molar-refractivity contribution in [3.63, 3.8) is 0 Å². The highest BCUT2D eigenvalue weighted by molar-refractivity contribution is 6.35. The first-order valence-electron chi connectivity index (χ1n) is 8.91. The SMILES string of the molecule is CC(Oc1ccccc1NC(=O)c1ccc(F)cc1)C(=O)Nc1cc(Cl)cc(Cl)c1. The lowest BCUT2D eigenvalue weighted by Crippen LogP contribution is -2.30. The monoisotopic (exact) mass is 446 g/mol. The Morgan fingerprint density at radius 1 is 0.933 bits per heavy atom. The van der Waals surface area contributed by atoms with Gasteiger partial charge in [0.1, 0.15) is 11.6 Å². The van der Waals surface area contributed by atoms with Gasteiger partial charge in [-0.1, -0.05) is 35.3 Å². The number of ether oxygens (including phenoxy) is 1. The zero-order valence-corrected chi connectivity index (χ0v) is 17.3. The molecule has 0 spiro atoms. The summed E-state index contributed by atoms with van der Waals surface area (Å²) in [5.74, 6) is -0.986. The number of anilines is 2. The Labute approximate surface area is 182 Å². The summed E-state index contributed by atoms with van der Waals surface area (Å²) in [6.07, 6.45) is -0.883. The minimum Gasteiger partial charge on any atom is -0.479 e. The van der Waals surface area contributed by atoms with Crippen molar-refractivity contribution in [3.8, 4) is 5.75 Å². The molecule has 3 aromatic rings. The number of nitrogens with one attached hydrogen (secondary N) is 2. The van der Waals surface area contributed by atoms with Crippen molar-refractivity contribution in [2.45, 2.75) is 13.0 Å². The molecule has 1 atom stereocenters. The summed E-state index contributed by atoms with van der Waals surface area (Å²) >= 11 is 11.9. The molecule has 0 bridgehead atoms. The molecule has 3 aromatic carbocycles. The number of rotatable bonds is 6. The highest BCUT2D eigenvalue weighted by Gasteiger charge is 2.18. The predicted molar refractivity (Wildman–Crippen MR) is 116 cm³/mol. The third-order valence-electron chi connectivity index (χ3n) is 4.04. The van der Waals surface area contributed by atoms with Gasteiger partial charge in [-0.25, -0.2) is 4.39 Å². The molecule has 5 nitrogen and oxygen atoms in total. The molecule has 2 N–H and O–H groups in total. The van der Waals surface area contributed by atoms with Crippen LogP contribution in [0, 0.1) is 5.82 Å². The van der Waals surface area contributed by atoms with Crippen molar-refractivity contribution in [2.75, 3.05) is 10.6 Å². The molecule has 0 aromatic heterocycles. The van der Waals surface area contributed by atoms with Crippen LogP contribution < -0.4 is 15.4 Å². The average molecular weight is 447 g/mol. The first-order valence-corrected chi connectivity index (χ1v) is 9.67. The largest absolute Gasteiger partial charge is 0.479 e. The summed E-state index contributed by atoms with van der Waals surface area (Å²) in [5, 5.41) is 6.16. The van der Waals surface area contributed by atoms with Gasteiger partial charge >= 0.3 is 0 Å². The van der Waals surface area contributed by atoms with Crippen molar-refractivity contribution >= 4 is 46.4 Å². The maximum Gasteiger partial charge on any atom is 0.265 e. The highest BCUT2D eigenvalue weighted by atomic mass is 35.5. The van der Waals surface area contributed by atoms with Gasteiger partial charge in [0.2, 0.25) is 0 Å². The van der Waals surface area contributed by atoms with Crippen LogP contribution in [0.3, 0.4) is 0 Å². The maximum atomic E-state index is 13.1. The van der Waals surface area contributed by atoms with Crippen LogP contribution in [-0.4, -0.2) is 17.9 Å². The molecule has 8 heteroatoms. The standard InChI is InChI=1S/C22H17Cl2FN2O3/c1-13(21(28)26-18-11-15(23)10-16(24)12-18)30-20-5-3-2-4-19(20)27-22(29)14-6-8-17(25)9-7-14/h2-13H,1H3,(H,26,28)(H,27,29). The molecule has 30 heavy (non-hydrogen) atoms. The first kappa shape index (κ1) is 21.6. The maximum absolute atomic E-state index is 13.1. The van der Waals surface area contributed by atoms with Gasteiger partial charge in [0.05, 0.1) is 5.69 Å². The fraction of sp³-hybridized carbons (Fsp3) is 0.0909. The van der Waals surface area contributed by atoms with Gasteiger partial charge in [0.25, 0.3) is 11.8 Å². The van der Waals surface area contributed by atoms with Crippen LogP contribution in [0.5, 0.6) is 5.75 Å². The molecule has 154 valence electrons. The number of para-hydroxylation sites is 2. The zero-order chi connectivity index (χ0) is 21.7. The Morgan fingerprint density at radius 3 is 2.23 bits per heavy atom. The van der Waals surface area contributed by atoms with E-state index in [1.54, 1.807) is 49.4 Å². The van der Waals surface area contributed by atoms with Gasteiger partial charge in [-0.2, -0.15) is 0 Å². The van der Waals surface area contributed by atoms with Crippen LogP contribution in [0.25, 0.3) is 0 Å². The molecule has 0 saturated heterocycles. The Hall–Kier alpha value is -3.09. The molecule has 0 heterocycles. The van der Waals surface area contributed by atoms with Crippen LogP contribution in [-0.2, 0) is 4.79 Å². The second-order valence-corrected chi connectivity index (χ2v) is 7.24. The Kier molecular flexibility index (Phi) is 6.92. The molecule has 3 rings (SSSR count). The Bertz CT molecular complexity index is 1050. The molecular weight excluding hydrogens is 430 g/mol. The second kappa shape index (κ2) is 9.61. The van der Waals surface area contributed by atoms with Crippen molar-refractivity contribution in [1.82, 2.24) is 0 Å². The van der Waals surface area contributed by atoms with Crippen LogP contribution in [0.4, 0.5) is 15.8 Å². The summed E-state index contributed by atoms with van der Waals surface area (Å²) in [7, 11) is 0. The van der Waals surface area contributed by atoms with E-state index in [1.807, 2.05) is 0 Å².